The van der Waals surface area contributed by atoms with Crippen LogP contribution in [-0.2, 0) is 13.1 Å². The summed E-state index contributed by atoms with van der Waals surface area (Å²) in [5, 5.41) is 2.86. The summed E-state index contributed by atoms with van der Waals surface area (Å²) < 4.78 is 1.22. The Morgan fingerprint density at radius 2 is 1.38 bits per heavy atom. The Kier molecular flexibility index (Phi) is 8.01. The lowest BCUT2D eigenvalue weighted by molar-refractivity contribution is 0.246. The second-order valence-corrected chi connectivity index (χ2v) is 8.79. The molecule has 1 heterocycles. The van der Waals surface area contributed by atoms with Crippen molar-refractivity contribution in [1.82, 2.24) is 4.90 Å². The van der Waals surface area contributed by atoms with E-state index in [1.807, 2.05) is 0 Å². The predicted octanol–water partition coefficient (Wildman–Crippen LogP) is 7.84. The monoisotopic (exact) mass is 415 g/mol. The van der Waals surface area contributed by atoms with Gasteiger partial charge in [0.05, 0.1) is 0 Å². The van der Waals surface area contributed by atoms with Crippen molar-refractivity contribution in [2.45, 2.75) is 84.2 Å². The second kappa shape index (κ2) is 10.5. The van der Waals surface area contributed by atoms with E-state index in [9.17, 15) is 0 Å². The summed E-state index contributed by atoms with van der Waals surface area (Å²) in [6.45, 7) is 5.75. The van der Waals surface area contributed by atoms with Crippen LogP contribution in [-0.4, -0.2) is 11.4 Å². The molecule has 0 N–H and O–H groups in total. The molecule has 2 aromatic rings. The van der Waals surface area contributed by atoms with E-state index in [0.717, 1.165) is 13.1 Å². The van der Waals surface area contributed by atoms with Gasteiger partial charge in [-0.2, -0.15) is 0 Å². The van der Waals surface area contributed by atoms with Crippen LogP contribution in [0.3, 0.4) is 0 Å². The second-order valence-electron chi connectivity index (χ2n) is 7.94. The van der Waals surface area contributed by atoms with E-state index in [0.29, 0.717) is 0 Å². The fourth-order valence-corrected chi connectivity index (χ4v) is 4.77. The van der Waals surface area contributed by atoms with Gasteiger partial charge in [-0.25, -0.2) is 0 Å². The molecule has 0 atom stereocenters. The van der Waals surface area contributed by atoms with Crippen molar-refractivity contribution in [3.05, 3.63) is 45.9 Å². The van der Waals surface area contributed by atoms with Crippen LogP contribution in [0.2, 0.25) is 0 Å². The zero-order valence-electron chi connectivity index (χ0n) is 16.4. The SMILES string of the molecule is CCCCCCCCCCCCN1Cc2cccc3c(Br)ccc(c23)C1. The van der Waals surface area contributed by atoms with Crippen LogP contribution < -0.4 is 0 Å². The Labute approximate surface area is 168 Å². The normalized spacial score (nSPS) is 14.2. The van der Waals surface area contributed by atoms with Gasteiger partial charge in [0.15, 0.2) is 0 Å². The maximum Gasteiger partial charge on any atom is 0.0254 e. The van der Waals surface area contributed by atoms with Gasteiger partial charge in [-0.3, -0.25) is 4.90 Å². The van der Waals surface area contributed by atoms with E-state index in [2.05, 4.69) is 58.1 Å². The number of hydrogen-bond donors (Lipinski definition) is 0. The van der Waals surface area contributed by atoms with Crippen molar-refractivity contribution < 1.29 is 0 Å². The molecule has 0 saturated carbocycles. The quantitative estimate of drug-likeness (QED) is 0.337. The molecule has 0 saturated heterocycles. The molecule has 2 aromatic carbocycles. The van der Waals surface area contributed by atoms with Crippen molar-refractivity contribution in [2.24, 2.45) is 0 Å². The van der Waals surface area contributed by atoms with Gasteiger partial charge in [0.2, 0.25) is 0 Å². The molecule has 1 nitrogen and oxygen atoms in total. The van der Waals surface area contributed by atoms with Gasteiger partial charge in [0.25, 0.3) is 0 Å². The molecule has 0 aliphatic carbocycles. The standard InChI is InChI=1S/C24H34BrN/c1-2-3-4-5-6-7-8-9-10-11-17-26-18-20-13-12-14-22-23(25)16-15-21(19-26)24(20)22/h12-16H,2-11,17-19H2,1H3. The van der Waals surface area contributed by atoms with Crippen molar-refractivity contribution in [1.29, 1.82) is 0 Å². The molecule has 142 valence electrons. The van der Waals surface area contributed by atoms with Crippen LogP contribution in [0.5, 0.6) is 0 Å². The Bertz CT molecular complexity index is 682. The molecule has 0 fully saturated rings. The van der Waals surface area contributed by atoms with Crippen LogP contribution in [0.4, 0.5) is 0 Å². The van der Waals surface area contributed by atoms with Crippen LogP contribution in [0, 0.1) is 0 Å². The average Bonchev–Trinajstić information content (AvgIpc) is 2.66. The van der Waals surface area contributed by atoms with E-state index in [1.54, 1.807) is 0 Å². The third kappa shape index (κ3) is 5.33. The summed E-state index contributed by atoms with van der Waals surface area (Å²) in [7, 11) is 0. The zero-order chi connectivity index (χ0) is 18.2. The van der Waals surface area contributed by atoms with Gasteiger partial charge in [-0.05, 0) is 40.9 Å². The van der Waals surface area contributed by atoms with E-state index < -0.39 is 0 Å². The molecule has 0 spiro atoms. The van der Waals surface area contributed by atoms with Gasteiger partial charge >= 0.3 is 0 Å². The van der Waals surface area contributed by atoms with E-state index in [4.69, 9.17) is 0 Å². The third-order valence-corrected chi connectivity index (χ3v) is 6.47. The van der Waals surface area contributed by atoms with Crippen molar-refractivity contribution in [3.8, 4) is 0 Å². The first kappa shape index (κ1) is 19.9. The Morgan fingerprint density at radius 3 is 2.08 bits per heavy atom. The lowest BCUT2D eigenvalue weighted by Gasteiger charge is -2.29. The highest BCUT2D eigenvalue weighted by atomic mass is 79.9. The van der Waals surface area contributed by atoms with Gasteiger partial charge in [-0.1, -0.05) is 105 Å². The zero-order valence-corrected chi connectivity index (χ0v) is 18.0. The first-order chi connectivity index (χ1) is 12.8. The van der Waals surface area contributed by atoms with Crippen molar-refractivity contribution in [3.63, 3.8) is 0 Å². The third-order valence-electron chi connectivity index (χ3n) is 5.78. The van der Waals surface area contributed by atoms with Crippen molar-refractivity contribution in [2.75, 3.05) is 6.54 Å². The highest BCUT2D eigenvalue weighted by molar-refractivity contribution is 9.10. The van der Waals surface area contributed by atoms with Crippen LogP contribution in [0.1, 0.15) is 82.3 Å². The predicted molar refractivity (Wildman–Crippen MR) is 118 cm³/mol. The summed E-state index contributed by atoms with van der Waals surface area (Å²) in [6.07, 6.45) is 14.1. The minimum atomic E-state index is 1.11. The number of nitrogens with zero attached hydrogens (tertiary/aromatic N) is 1. The molecule has 0 aromatic heterocycles. The van der Waals surface area contributed by atoms with Gasteiger partial charge in [-0.15, -0.1) is 0 Å². The summed E-state index contributed by atoms with van der Waals surface area (Å²) in [6, 6.07) is 11.3. The van der Waals surface area contributed by atoms with Gasteiger partial charge in [0, 0.05) is 17.6 Å². The summed E-state index contributed by atoms with van der Waals surface area (Å²) in [5.74, 6) is 0. The molecule has 3 rings (SSSR count). The highest BCUT2D eigenvalue weighted by Crippen LogP contribution is 2.34. The molecular weight excluding hydrogens is 382 g/mol. The molecule has 0 amide bonds. The summed E-state index contributed by atoms with van der Waals surface area (Å²) in [4.78, 5) is 2.63. The lowest BCUT2D eigenvalue weighted by Crippen LogP contribution is -2.27. The number of rotatable bonds is 11. The Morgan fingerprint density at radius 1 is 0.769 bits per heavy atom. The fraction of sp³-hybridized carbons (Fsp3) is 0.583. The average molecular weight is 416 g/mol. The first-order valence-electron chi connectivity index (χ1n) is 10.7. The summed E-state index contributed by atoms with van der Waals surface area (Å²) >= 11 is 3.71. The summed E-state index contributed by atoms with van der Waals surface area (Å²) in [5.41, 5.74) is 2.99. The molecule has 1 aliphatic heterocycles. The minimum absolute atomic E-state index is 1.11. The first-order valence-corrected chi connectivity index (χ1v) is 11.5. The molecule has 0 unspecified atom stereocenters. The molecule has 0 radical (unpaired) electrons. The van der Waals surface area contributed by atoms with Crippen LogP contribution in [0.15, 0.2) is 34.8 Å². The van der Waals surface area contributed by atoms with Gasteiger partial charge in [0.1, 0.15) is 0 Å². The highest BCUT2D eigenvalue weighted by Gasteiger charge is 2.18. The number of unbranched alkanes of at least 4 members (excludes halogenated alkanes) is 9. The number of hydrogen-bond acceptors (Lipinski definition) is 1. The Balaban J connectivity index is 1.37. The van der Waals surface area contributed by atoms with Crippen LogP contribution in [0.25, 0.3) is 10.8 Å². The van der Waals surface area contributed by atoms with E-state index in [1.165, 1.54) is 97.1 Å². The van der Waals surface area contributed by atoms with E-state index >= 15 is 0 Å². The van der Waals surface area contributed by atoms with Gasteiger partial charge < -0.3 is 0 Å². The molecule has 1 aliphatic rings. The maximum atomic E-state index is 3.71. The maximum absolute atomic E-state index is 3.71. The molecule has 26 heavy (non-hydrogen) atoms. The lowest BCUT2D eigenvalue weighted by atomic mass is 9.95. The number of halogens is 1. The Hall–Kier alpha value is -0.860. The topological polar surface area (TPSA) is 3.24 Å². The minimum Gasteiger partial charge on any atom is -0.295 e. The van der Waals surface area contributed by atoms with E-state index in [-0.39, 0.29) is 0 Å². The number of benzene rings is 2. The van der Waals surface area contributed by atoms with Crippen LogP contribution >= 0.6 is 15.9 Å². The fourth-order valence-electron chi connectivity index (χ4n) is 4.31. The van der Waals surface area contributed by atoms with Crippen molar-refractivity contribution >= 4 is 26.7 Å². The molecular formula is C24H34BrN. The largest absolute Gasteiger partial charge is 0.295 e. The molecule has 0 bridgehead atoms. The molecule has 2 heteroatoms. The smallest absolute Gasteiger partial charge is 0.0254 e.